The number of hydrogen-bond donors (Lipinski definition) is 0. The lowest BCUT2D eigenvalue weighted by Gasteiger charge is -2.14. The molecule has 0 aliphatic heterocycles. The van der Waals surface area contributed by atoms with Crippen LogP contribution >= 0.6 is 23.2 Å². The topological polar surface area (TPSA) is 81.9 Å². The van der Waals surface area contributed by atoms with Gasteiger partial charge in [0.25, 0.3) is 0 Å². The molecule has 1 aliphatic rings. The maximum absolute atomic E-state index is 13.1. The van der Waals surface area contributed by atoms with Gasteiger partial charge in [0, 0.05) is 28.0 Å². The Morgan fingerprint density at radius 3 is 2.67 bits per heavy atom. The minimum absolute atomic E-state index is 0.217. The normalized spacial score (nSPS) is 14.1. The number of rotatable bonds is 7. The number of pyridine rings is 1. The first-order chi connectivity index (χ1) is 14.3. The highest BCUT2D eigenvalue weighted by molar-refractivity contribution is 7.93. The number of Topliss-reactive ketones (excluding diaryl/α,β-unsaturated/α-hetero) is 1. The van der Waals surface area contributed by atoms with Crippen LogP contribution in [0.25, 0.3) is 11.4 Å². The molecule has 6 nitrogen and oxygen atoms in total. The minimum Gasteiger partial charge on any atom is -0.317 e. The van der Waals surface area contributed by atoms with E-state index in [1.54, 1.807) is 48.1 Å². The molecule has 0 atom stereocenters. The minimum atomic E-state index is -3.46. The molecular weight excluding hydrogens is 445 g/mol. The van der Waals surface area contributed by atoms with E-state index in [-0.39, 0.29) is 12.2 Å². The number of hydrogen-bond acceptors (Lipinski definition) is 5. The number of carbonyl (C=O) groups is 1. The SMILES string of the molecule is Cc1nc(-c2cccnc2)n(Cc2cc(Cl)ccc2Cl)c1C(=O)CS(=O)(=O)C1CC1. The van der Waals surface area contributed by atoms with Crippen molar-refractivity contribution in [1.82, 2.24) is 14.5 Å². The molecule has 1 aromatic carbocycles. The number of aryl methyl sites for hydroxylation is 1. The Hall–Kier alpha value is -2.22. The molecule has 4 rings (SSSR count). The summed E-state index contributed by atoms with van der Waals surface area (Å²) < 4.78 is 26.6. The molecule has 1 fully saturated rings. The van der Waals surface area contributed by atoms with Gasteiger partial charge in [-0.05, 0) is 55.7 Å². The summed E-state index contributed by atoms with van der Waals surface area (Å²) in [6.07, 6.45) is 4.53. The van der Waals surface area contributed by atoms with Gasteiger partial charge in [-0.15, -0.1) is 0 Å². The smallest absolute Gasteiger partial charge is 0.196 e. The molecule has 0 unspecified atom stereocenters. The van der Waals surface area contributed by atoms with E-state index in [1.165, 1.54) is 0 Å². The number of carbonyl (C=O) groups excluding carboxylic acids is 1. The van der Waals surface area contributed by atoms with Gasteiger partial charge in [-0.1, -0.05) is 23.2 Å². The lowest BCUT2D eigenvalue weighted by Crippen LogP contribution is -2.23. The second kappa shape index (κ2) is 8.13. The number of halogens is 2. The summed E-state index contributed by atoms with van der Waals surface area (Å²) in [5, 5.41) is 0.600. The summed E-state index contributed by atoms with van der Waals surface area (Å²) in [7, 11) is -3.46. The highest BCUT2D eigenvalue weighted by Crippen LogP contribution is 2.31. The molecular formula is C21H19Cl2N3O3S. The zero-order valence-electron chi connectivity index (χ0n) is 16.2. The van der Waals surface area contributed by atoms with E-state index in [4.69, 9.17) is 23.2 Å². The van der Waals surface area contributed by atoms with Gasteiger partial charge in [-0.3, -0.25) is 9.78 Å². The number of imidazole rings is 1. The fraction of sp³-hybridized carbons (Fsp3) is 0.286. The van der Waals surface area contributed by atoms with Gasteiger partial charge in [0.2, 0.25) is 0 Å². The van der Waals surface area contributed by atoms with Crippen molar-refractivity contribution in [3.8, 4) is 11.4 Å². The fourth-order valence-electron chi connectivity index (χ4n) is 3.43. The maximum Gasteiger partial charge on any atom is 0.196 e. The zero-order valence-corrected chi connectivity index (χ0v) is 18.5. The van der Waals surface area contributed by atoms with Crippen molar-refractivity contribution < 1.29 is 13.2 Å². The zero-order chi connectivity index (χ0) is 21.5. The molecule has 0 N–H and O–H groups in total. The molecule has 1 aliphatic carbocycles. The molecule has 30 heavy (non-hydrogen) atoms. The highest BCUT2D eigenvalue weighted by Gasteiger charge is 2.38. The van der Waals surface area contributed by atoms with Crippen molar-refractivity contribution in [3.05, 3.63) is 69.7 Å². The number of benzene rings is 1. The van der Waals surface area contributed by atoms with Gasteiger partial charge in [0.1, 0.15) is 17.3 Å². The van der Waals surface area contributed by atoms with Crippen molar-refractivity contribution in [1.29, 1.82) is 0 Å². The molecule has 0 spiro atoms. The van der Waals surface area contributed by atoms with E-state index in [9.17, 15) is 13.2 Å². The van der Waals surface area contributed by atoms with Crippen LogP contribution in [0.3, 0.4) is 0 Å². The molecule has 3 aromatic rings. The van der Waals surface area contributed by atoms with Crippen LogP contribution in [0, 0.1) is 6.92 Å². The summed E-state index contributed by atoms with van der Waals surface area (Å²) in [4.78, 5) is 21.8. The number of aromatic nitrogens is 3. The summed E-state index contributed by atoms with van der Waals surface area (Å²) >= 11 is 12.5. The molecule has 1 saturated carbocycles. The fourth-order valence-corrected chi connectivity index (χ4v) is 5.39. The van der Waals surface area contributed by atoms with Crippen LogP contribution in [0.2, 0.25) is 10.0 Å². The van der Waals surface area contributed by atoms with Gasteiger partial charge in [-0.25, -0.2) is 13.4 Å². The molecule has 9 heteroatoms. The standard InChI is InChI=1S/C21H19Cl2N3O3S/c1-13-20(19(27)12-30(28,29)17-5-6-17)26(11-15-9-16(22)4-7-18(15)23)21(25-13)14-3-2-8-24-10-14/h2-4,7-10,17H,5-6,11-12H2,1H3. The molecule has 2 aromatic heterocycles. The Labute approximate surface area is 184 Å². The Morgan fingerprint density at radius 2 is 2.00 bits per heavy atom. The summed E-state index contributed by atoms with van der Waals surface area (Å²) in [5.41, 5.74) is 2.13. The van der Waals surface area contributed by atoms with Crippen LogP contribution in [-0.4, -0.2) is 39.7 Å². The predicted octanol–water partition coefficient (Wildman–Crippen LogP) is 4.37. The van der Waals surface area contributed by atoms with Gasteiger partial charge < -0.3 is 4.57 Å². The van der Waals surface area contributed by atoms with E-state index < -0.39 is 26.6 Å². The van der Waals surface area contributed by atoms with Crippen LogP contribution in [-0.2, 0) is 16.4 Å². The van der Waals surface area contributed by atoms with Gasteiger partial charge >= 0.3 is 0 Å². The molecule has 0 saturated heterocycles. The third kappa shape index (κ3) is 4.29. The predicted molar refractivity (Wildman–Crippen MR) is 117 cm³/mol. The first kappa shape index (κ1) is 21.0. The Morgan fingerprint density at radius 1 is 1.23 bits per heavy atom. The lowest BCUT2D eigenvalue weighted by atomic mass is 10.2. The monoisotopic (exact) mass is 463 g/mol. The maximum atomic E-state index is 13.1. The van der Waals surface area contributed by atoms with E-state index in [0.717, 1.165) is 0 Å². The van der Waals surface area contributed by atoms with Crippen LogP contribution in [0.1, 0.15) is 34.6 Å². The number of sulfone groups is 1. The summed E-state index contributed by atoms with van der Waals surface area (Å²) in [5.74, 6) is -0.482. The Bertz CT molecular complexity index is 1220. The lowest BCUT2D eigenvalue weighted by molar-refractivity contribution is 0.101. The summed E-state index contributed by atoms with van der Waals surface area (Å²) in [6, 6.07) is 8.70. The van der Waals surface area contributed by atoms with E-state index in [2.05, 4.69) is 9.97 Å². The molecule has 0 bridgehead atoms. The molecule has 2 heterocycles. The van der Waals surface area contributed by atoms with Crippen LogP contribution in [0.15, 0.2) is 42.7 Å². The molecule has 156 valence electrons. The number of ketones is 1. The van der Waals surface area contributed by atoms with Crippen LogP contribution < -0.4 is 0 Å². The van der Waals surface area contributed by atoms with E-state index >= 15 is 0 Å². The second-order valence-electron chi connectivity index (χ2n) is 7.36. The average Bonchev–Trinajstić information content (AvgIpc) is 3.50. The largest absolute Gasteiger partial charge is 0.317 e. The third-order valence-electron chi connectivity index (χ3n) is 5.03. The Balaban J connectivity index is 1.82. The molecule has 0 radical (unpaired) electrons. The van der Waals surface area contributed by atoms with Crippen molar-refractivity contribution >= 4 is 38.8 Å². The van der Waals surface area contributed by atoms with Crippen LogP contribution in [0.5, 0.6) is 0 Å². The summed E-state index contributed by atoms with van der Waals surface area (Å²) in [6.45, 7) is 1.92. The average molecular weight is 464 g/mol. The van der Waals surface area contributed by atoms with Crippen molar-refractivity contribution in [3.63, 3.8) is 0 Å². The van der Waals surface area contributed by atoms with Gasteiger partial charge in [-0.2, -0.15) is 0 Å². The van der Waals surface area contributed by atoms with Crippen molar-refractivity contribution in [2.75, 3.05) is 5.75 Å². The number of nitrogens with zero attached hydrogens (tertiary/aromatic N) is 3. The van der Waals surface area contributed by atoms with E-state index in [1.807, 2.05) is 6.07 Å². The Kier molecular flexibility index (Phi) is 5.70. The van der Waals surface area contributed by atoms with Crippen molar-refractivity contribution in [2.45, 2.75) is 31.6 Å². The first-order valence-corrected chi connectivity index (χ1v) is 11.9. The molecule has 0 amide bonds. The second-order valence-corrected chi connectivity index (χ2v) is 10.5. The van der Waals surface area contributed by atoms with Gasteiger partial charge in [0.15, 0.2) is 15.6 Å². The first-order valence-electron chi connectivity index (χ1n) is 9.42. The van der Waals surface area contributed by atoms with Crippen molar-refractivity contribution in [2.24, 2.45) is 0 Å². The van der Waals surface area contributed by atoms with E-state index in [0.29, 0.717) is 45.5 Å². The van der Waals surface area contributed by atoms with Gasteiger partial charge in [0.05, 0.1) is 17.5 Å². The third-order valence-corrected chi connectivity index (χ3v) is 7.78. The quantitative estimate of drug-likeness (QED) is 0.485. The van der Waals surface area contributed by atoms with Crippen LogP contribution in [0.4, 0.5) is 0 Å². The highest BCUT2D eigenvalue weighted by atomic mass is 35.5.